The van der Waals surface area contributed by atoms with Crippen LogP contribution in [0.1, 0.15) is 67.1 Å². The maximum Gasteiger partial charge on any atom is 0.229 e. The van der Waals surface area contributed by atoms with Gasteiger partial charge in [-0.15, -0.1) is 0 Å². The number of nitrogens with zero attached hydrogens (tertiary/aromatic N) is 7. The number of aryl methyl sites for hydroxylation is 1. The van der Waals surface area contributed by atoms with Crippen molar-refractivity contribution in [1.29, 1.82) is 5.26 Å². The first-order valence-corrected chi connectivity index (χ1v) is 16.5. The van der Waals surface area contributed by atoms with Gasteiger partial charge < -0.3 is 15.5 Å². The molecule has 2 fully saturated rings. The molecule has 6 rings (SSSR count). The summed E-state index contributed by atoms with van der Waals surface area (Å²) in [6.45, 7) is 2.38. The lowest BCUT2D eigenvalue weighted by Gasteiger charge is -2.33. The molecule has 2 N–H and O–H groups in total. The average Bonchev–Trinajstić information content (AvgIpc) is 3.73. The van der Waals surface area contributed by atoms with E-state index in [4.69, 9.17) is 9.97 Å². The van der Waals surface area contributed by atoms with Crippen LogP contribution in [0.15, 0.2) is 67.3 Å². The van der Waals surface area contributed by atoms with Crippen molar-refractivity contribution < 1.29 is 9.59 Å². The van der Waals surface area contributed by atoms with Gasteiger partial charge in [0, 0.05) is 69.6 Å². The third-order valence-electron chi connectivity index (χ3n) is 9.37. The molecule has 1 saturated heterocycles. The van der Waals surface area contributed by atoms with Crippen LogP contribution in [0.4, 0.5) is 5.82 Å². The number of hydrogen-bond donors (Lipinski definition) is 2. The molecule has 1 aliphatic carbocycles. The van der Waals surface area contributed by atoms with E-state index < -0.39 is 0 Å². The topological polar surface area (TPSA) is 142 Å². The van der Waals surface area contributed by atoms with Gasteiger partial charge in [-0.1, -0.05) is 36.4 Å². The van der Waals surface area contributed by atoms with E-state index in [2.05, 4.69) is 26.8 Å². The minimum absolute atomic E-state index is 0.000651. The van der Waals surface area contributed by atoms with E-state index >= 15 is 0 Å². The molecule has 11 heteroatoms. The lowest BCUT2D eigenvalue weighted by atomic mass is 9.73. The summed E-state index contributed by atoms with van der Waals surface area (Å²) in [4.78, 5) is 41.6. The highest BCUT2D eigenvalue weighted by Gasteiger charge is 2.34. The zero-order valence-corrected chi connectivity index (χ0v) is 26.8. The van der Waals surface area contributed by atoms with Crippen molar-refractivity contribution in [3.8, 4) is 17.2 Å². The maximum absolute atomic E-state index is 13.8. The molecule has 1 unspecified atom stereocenters. The first-order valence-electron chi connectivity index (χ1n) is 16.5. The Balaban J connectivity index is 1.10. The fourth-order valence-electron chi connectivity index (χ4n) is 6.78. The first kappa shape index (κ1) is 31.9. The lowest BCUT2D eigenvalue weighted by molar-refractivity contribution is -0.127. The number of nitriles is 1. The van der Waals surface area contributed by atoms with Gasteiger partial charge in [-0.05, 0) is 55.6 Å². The van der Waals surface area contributed by atoms with Crippen molar-refractivity contribution in [2.45, 2.75) is 57.4 Å². The number of nitrogens with one attached hydrogen (secondary N) is 2. The van der Waals surface area contributed by atoms with Crippen molar-refractivity contribution >= 4 is 17.6 Å². The Morgan fingerprint density at radius 3 is 2.55 bits per heavy atom. The van der Waals surface area contributed by atoms with E-state index in [0.29, 0.717) is 55.6 Å². The first-order chi connectivity index (χ1) is 23.0. The predicted molar refractivity (Wildman–Crippen MR) is 178 cm³/mol. The summed E-state index contributed by atoms with van der Waals surface area (Å²) in [5.41, 5.74) is 4.20. The van der Waals surface area contributed by atoms with Gasteiger partial charge in [-0.3, -0.25) is 19.3 Å². The number of hydrogen-bond acceptors (Lipinski definition) is 8. The van der Waals surface area contributed by atoms with E-state index in [1.54, 1.807) is 10.9 Å². The van der Waals surface area contributed by atoms with Crippen molar-refractivity contribution in [2.24, 2.45) is 18.9 Å². The van der Waals surface area contributed by atoms with Crippen molar-refractivity contribution in [1.82, 2.24) is 34.9 Å². The van der Waals surface area contributed by atoms with Gasteiger partial charge in [0.25, 0.3) is 0 Å². The smallest absolute Gasteiger partial charge is 0.229 e. The standard InChI is InChI=1S/C36H41N9O2/c1-44-24-30(23-42-44)28-13-14-31(39-21-28)34(36(47)41-20-26-6-3-2-4-7-26)27-11-9-25(10-12-27)18-32-40-22-29(19-37)35(43-32)38-15-17-45-16-5-8-33(45)46/h2-4,6-7,13-14,21-25,27,34H,5,8-12,15-18,20H2,1H3,(H,41,47)(H,38,40,43)/t25-,27-,34?. The Bertz CT molecular complexity index is 1710. The Kier molecular flexibility index (Phi) is 10.2. The number of carbonyl (C=O) groups excluding carboxylic acids is 2. The Hall–Kier alpha value is -5.11. The largest absolute Gasteiger partial charge is 0.367 e. The van der Waals surface area contributed by atoms with Crippen LogP contribution in [0.3, 0.4) is 0 Å². The molecule has 1 atom stereocenters. The SMILES string of the molecule is Cn1cc(-c2ccc(C(C(=O)NCc3ccccc3)[C@H]3CC[C@H](Cc4ncc(C#N)c(NCCN5CCCC5=O)n4)CC3)nc2)cn1. The van der Waals surface area contributed by atoms with Crippen LogP contribution in [-0.2, 0) is 29.6 Å². The summed E-state index contributed by atoms with van der Waals surface area (Å²) in [5.74, 6) is 1.59. The normalized spacial score (nSPS) is 18.5. The van der Waals surface area contributed by atoms with Crippen LogP contribution in [0, 0.1) is 23.2 Å². The second-order valence-corrected chi connectivity index (χ2v) is 12.6. The van der Waals surface area contributed by atoms with Crippen LogP contribution in [0.2, 0.25) is 0 Å². The fraction of sp³-hybridized carbons (Fsp3) is 0.417. The van der Waals surface area contributed by atoms with E-state index in [1.807, 2.05) is 73.0 Å². The highest BCUT2D eigenvalue weighted by atomic mass is 16.2. The number of carbonyl (C=O) groups is 2. The Labute approximate surface area is 275 Å². The maximum atomic E-state index is 13.8. The number of likely N-dealkylation sites (tertiary alicyclic amines) is 1. The average molecular weight is 632 g/mol. The molecule has 11 nitrogen and oxygen atoms in total. The fourth-order valence-corrected chi connectivity index (χ4v) is 6.78. The molecule has 4 aromatic rings. The summed E-state index contributed by atoms with van der Waals surface area (Å²) in [7, 11) is 1.89. The molecule has 1 aromatic carbocycles. The second-order valence-electron chi connectivity index (χ2n) is 12.6. The molecule has 242 valence electrons. The van der Waals surface area contributed by atoms with Crippen molar-refractivity contribution in [3.05, 3.63) is 89.9 Å². The highest BCUT2D eigenvalue weighted by molar-refractivity contribution is 5.83. The lowest BCUT2D eigenvalue weighted by Crippen LogP contribution is -2.35. The molecule has 1 saturated carbocycles. The highest BCUT2D eigenvalue weighted by Crippen LogP contribution is 2.39. The van der Waals surface area contributed by atoms with Crippen LogP contribution in [-0.4, -0.2) is 61.1 Å². The summed E-state index contributed by atoms with van der Waals surface area (Å²) in [5, 5.41) is 20.3. The molecular weight excluding hydrogens is 590 g/mol. The Morgan fingerprint density at radius 1 is 1.04 bits per heavy atom. The quantitative estimate of drug-likeness (QED) is 0.231. The molecule has 2 aliphatic rings. The summed E-state index contributed by atoms with van der Waals surface area (Å²) >= 11 is 0. The van der Waals surface area contributed by atoms with Gasteiger partial charge in [0.05, 0.1) is 24.0 Å². The summed E-state index contributed by atoms with van der Waals surface area (Å²) in [6, 6.07) is 16.2. The van der Waals surface area contributed by atoms with Gasteiger partial charge in [-0.25, -0.2) is 9.97 Å². The molecule has 0 radical (unpaired) electrons. The third-order valence-corrected chi connectivity index (χ3v) is 9.37. The molecule has 2 amide bonds. The van der Waals surface area contributed by atoms with E-state index in [1.165, 1.54) is 0 Å². The van der Waals surface area contributed by atoms with Crippen LogP contribution in [0.5, 0.6) is 0 Å². The molecule has 0 bridgehead atoms. The predicted octanol–water partition coefficient (Wildman–Crippen LogP) is 4.63. The summed E-state index contributed by atoms with van der Waals surface area (Å²) in [6.07, 6.45) is 13.1. The van der Waals surface area contributed by atoms with Gasteiger partial charge in [0.15, 0.2) is 0 Å². The van der Waals surface area contributed by atoms with Crippen molar-refractivity contribution in [3.63, 3.8) is 0 Å². The molecule has 3 aromatic heterocycles. The molecule has 1 aliphatic heterocycles. The van der Waals surface area contributed by atoms with Gasteiger partial charge >= 0.3 is 0 Å². The number of benzene rings is 1. The van der Waals surface area contributed by atoms with E-state index in [-0.39, 0.29) is 23.7 Å². The Morgan fingerprint density at radius 2 is 1.87 bits per heavy atom. The van der Waals surface area contributed by atoms with E-state index in [0.717, 1.165) is 61.0 Å². The van der Waals surface area contributed by atoms with Gasteiger partial charge in [0.2, 0.25) is 11.8 Å². The van der Waals surface area contributed by atoms with Crippen LogP contribution >= 0.6 is 0 Å². The van der Waals surface area contributed by atoms with Gasteiger partial charge in [0.1, 0.15) is 23.3 Å². The minimum Gasteiger partial charge on any atom is -0.367 e. The molecule has 4 heterocycles. The summed E-state index contributed by atoms with van der Waals surface area (Å²) < 4.78 is 1.76. The number of rotatable bonds is 12. The zero-order valence-electron chi connectivity index (χ0n) is 26.8. The number of amides is 2. The van der Waals surface area contributed by atoms with Crippen LogP contribution < -0.4 is 10.6 Å². The second kappa shape index (κ2) is 15.0. The third kappa shape index (κ3) is 8.01. The number of aromatic nitrogens is 5. The monoisotopic (exact) mass is 631 g/mol. The van der Waals surface area contributed by atoms with Crippen LogP contribution in [0.25, 0.3) is 11.1 Å². The molecule has 47 heavy (non-hydrogen) atoms. The zero-order chi connectivity index (χ0) is 32.6. The number of anilines is 1. The van der Waals surface area contributed by atoms with Crippen molar-refractivity contribution in [2.75, 3.05) is 25.0 Å². The number of pyridine rings is 1. The molecule has 0 spiro atoms. The van der Waals surface area contributed by atoms with Gasteiger partial charge in [-0.2, -0.15) is 10.4 Å². The minimum atomic E-state index is -0.355. The van der Waals surface area contributed by atoms with E-state index in [9.17, 15) is 14.9 Å². The molecular formula is C36H41N9O2.